The number of carbonyl (C=O) groups is 4. The summed E-state index contributed by atoms with van der Waals surface area (Å²) in [6, 6.07) is 17.5. The maximum atomic E-state index is 14.2. The van der Waals surface area contributed by atoms with Gasteiger partial charge >= 0.3 is 12.4 Å². The van der Waals surface area contributed by atoms with E-state index in [1.165, 1.54) is 6.07 Å². The SMILES string of the molecule is Cc1cccc(C(=O)Cc2cc(C(F)(F)F)cc(CC(=O)c3cc(C(=O)Cc4cc(C(F)(F)F)cc(CC(=O)c5cccc(Br)c5)c4SCCN)ncn3)c2SCCN)c1. The van der Waals surface area contributed by atoms with Crippen LogP contribution in [0.2, 0.25) is 0 Å². The number of hydrogen-bond acceptors (Lipinski definition) is 10. The van der Waals surface area contributed by atoms with E-state index >= 15 is 0 Å². The molecule has 60 heavy (non-hydrogen) atoms. The van der Waals surface area contributed by atoms with E-state index in [1.807, 2.05) is 0 Å². The summed E-state index contributed by atoms with van der Waals surface area (Å²) in [7, 11) is 0. The molecule has 314 valence electrons. The maximum Gasteiger partial charge on any atom is 0.416 e. The van der Waals surface area contributed by atoms with E-state index in [9.17, 15) is 45.5 Å². The normalized spacial score (nSPS) is 11.8. The smallest absolute Gasteiger partial charge is 0.330 e. The van der Waals surface area contributed by atoms with Gasteiger partial charge in [-0.05, 0) is 77.7 Å². The number of benzene rings is 4. The van der Waals surface area contributed by atoms with Crippen LogP contribution in [0.3, 0.4) is 0 Å². The number of hydrogen-bond donors (Lipinski definition) is 2. The Bertz CT molecular complexity index is 2260. The number of alkyl halides is 6. The quantitative estimate of drug-likeness (QED) is 0.0495. The minimum absolute atomic E-state index is 0.0396. The van der Waals surface area contributed by atoms with Gasteiger partial charge in [-0.25, -0.2) is 9.97 Å². The number of thioether (sulfide) groups is 2. The van der Waals surface area contributed by atoms with Gasteiger partial charge in [0.1, 0.15) is 17.7 Å². The van der Waals surface area contributed by atoms with Gasteiger partial charge in [-0.1, -0.05) is 51.8 Å². The van der Waals surface area contributed by atoms with E-state index < -0.39 is 72.3 Å². The molecule has 0 radical (unpaired) electrons. The van der Waals surface area contributed by atoms with Crippen LogP contribution in [0.5, 0.6) is 0 Å². The summed E-state index contributed by atoms with van der Waals surface area (Å²) in [5, 5.41) is 0. The van der Waals surface area contributed by atoms with Crippen LogP contribution < -0.4 is 11.5 Å². The maximum absolute atomic E-state index is 14.2. The van der Waals surface area contributed by atoms with Crippen molar-refractivity contribution in [2.45, 2.75) is 54.8 Å². The van der Waals surface area contributed by atoms with Crippen LogP contribution in [0, 0.1) is 6.92 Å². The lowest BCUT2D eigenvalue weighted by Gasteiger charge is -2.18. The molecule has 0 aliphatic carbocycles. The molecule has 1 heterocycles. The minimum Gasteiger partial charge on any atom is -0.330 e. The fourth-order valence-electron chi connectivity index (χ4n) is 6.27. The van der Waals surface area contributed by atoms with Crippen molar-refractivity contribution in [2.24, 2.45) is 11.5 Å². The number of Topliss-reactive ketones (excluding diaryl/α,β-unsaturated/α-hetero) is 4. The number of halogens is 7. The van der Waals surface area contributed by atoms with Crippen molar-refractivity contribution >= 4 is 62.6 Å². The number of ketones is 4. The molecule has 0 amide bonds. The van der Waals surface area contributed by atoms with Gasteiger partial charge in [-0.15, -0.1) is 23.5 Å². The predicted octanol–water partition coefficient (Wildman–Crippen LogP) is 9.39. The van der Waals surface area contributed by atoms with E-state index in [0.717, 1.165) is 65.7 Å². The zero-order valence-electron chi connectivity index (χ0n) is 31.9. The summed E-state index contributed by atoms with van der Waals surface area (Å²) in [4.78, 5) is 62.6. The van der Waals surface area contributed by atoms with E-state index in [4.69, 9.17) is 11.5 Å². The van der Waals surface area contributed by atoms with E-state index in [1.54, 1.807) is 49.4 Å². The van der Waals surface area contributed by atoms with Crippen LogP contribution in [-0.4, -0.2) is 57.7 Å². The average molecular weight is 932 g/mol. The Labute approximate surface area is 358 Å². The van der Waals surface area contributed by atoms with Gasteiger partial charge in [0.25, 0.3) is 0 Å². The van der Waals surface area contributed by atoms with E-state index in [0.29, 0.717) is 10.0 Å². The van der Waals surface area contributed by atoms with Crippen LogP contribution >= 0.6 is 39.5 Å². The second kappa shape index (κ2) is 20.3. The van der Waals surface area contributed by atoms with Gasteiger partial charge in [0.05, 0.1) is 11.1 Å². The zero-order valence-corrected chi connectivity index (χ0v) is 35.1. The molecule has 4 aromatic carbocycles. The van der Waals surface area contributed by atoms with Gasteiger partial charge in [0.2, 0.25) is 0 Å². The third-order valence-corrected chi connectivity index (χ3v) is 12.0. The van der Waals surface area contributed by atoms with Crippen molar-refractivity contribution in [3.05, 3.63) is 151 Å². The Hall–Kier alpha value is -4.68. The molecule has 1 aromatic heterocycles. The standard InChI is InChI=1S/C43H37BrF6N4O4S2/c1-24-4-2-5-25(12-24)36(55)18-27-13-31(42(45,46)47)15-29(40(27)59-10-8-51)20-38(57)34-22-35(54-23-53-34)39(58)21-30-16-32(43(48,49)50)14-28(41(30)60-11-9-52)19-37(56)26-6-3-7-33(44)17-26/h2-7,12-17,22-23H,8-11,18-21,51-52H2,1H3. The second-order valence-electron chi connectivity index (χ2n) is 13.6. The monoisotopic (exact) mass is 930 g/mol. The Morgan fingerprint density at radius 3 is 1.37 bits per heavy atom. The van der Waals surface area contributed by atoms with Gasteiger partial charge in [-0.3, -0.25) is 19.2 Å². The molecule has 0 bridgehead atoms. The molecule has 0 spiro atoms. The molecule has 0 unspecified atom stereocenters. The minimum atomic E-state index is -4.84. The van der Waals surface area contributed by atoms with Gasteiger partial charge in [0, 0.05) is 75.7 Å². The molecule has 17 heteroatoms. The molecule has 0 atom stereocenters. The largest absolute Gasteiger partial charge is 0.416 e. The summed E-state index contributed by atoms with van der Waals surface area (Å²) in [5.41, 5.74) is 10.00. The highest BCUT2D eigenvalue weighted by molar-refractivity contribution is 9.10. The Morgan fingerprint density at radius 2 is 0.983 bits per heavy atom. The highest BCUT2D eigenvalue weighted by atomic mass is 79.9. The Kier molecular flexibility index (Phi) is 15.7. The third kappa shape index (κ3) is 12.2. The molecule has 8 nitrogen and oxygen atoms in total. The summed E-state index contributed by atoms with van der Waals surface area (Å²) in [6.45, 7) is 2.05. The molecule has 0 saturated heterocycles. The average Bonchev–Trinajstić information content (AvgIpc) is 3.19. The number of rotatable bonds is 18. The highest BCUT2D eigenvalue weighted by Crippen LogP contribution is 2.39. The van der Waals surface area contributed by atoms with Gasteiger partial charge < -0.3 is 11.5 Å². The Balaban J connectivity index is 1.48. The van der Waals surface area contributed by atoms with Gasteiger partial charge in [0.15, 0.2) is 23.1 Å². The first-order chi connectivity index (χ1) is 28.4. The Morgan fingerprint density at radius 1 is 0.583 bits per heavy atom. The number of nitrogens with two attached hydrogens (primary N) is 2. The second-order valence-corrected chi connectivity index (χ2v) is 16.7. The number of aryl methyl sites for hydroxylation is 1. The summed E-state index contributed by atoms with van der Waals surface area (Å²) in [6.07, 6.45) is -10.8. The first-order valence-corrected chi connectivity index (χ1v) is 21.0. The molecular weight excluding hydrogens is 895 g/mol. The van der Waals surface area contributed by atoms with Crippen LogP contribution in [-0.2, 0) is 38.0 Å². The number of nitrogens with zero attached hydrogens (tertiary/aromatic N) is 2. The van der Waals surface area contributed by atoms with Crippen molar-refractivity contribution in [1.29, 1.82) is 0 Å². The number of carbonyl (C=O) groups excluding carboxylic acids is 4. The molecule has 5 rings (SSSR count). The van der Waals surface area contributed by atoms with Crippen LogP contribution in [0.15, 0.2) is 99.5 Å². The summed E-state index contributed by atoms with van der Waals surface area (Å²) < 4.78 is 86.1. The lowest BCUT2D eigenvalue weighted by atomic mass is 9.95. The lowest BCUT2D eigenvalue weighted by Crippen LogP contribution is -2.16. The first-order valence-electron chi connectivity index (χ1n) is 18.3. The molecule has 0 aliphatic rings. The fourth-order valence-corrected chi connectivity index (χ4v) is 8.58. The van der Waals surface area contributed by atoms with E-state index in [2.05, 4.69) is 25.9 Å². The molecule has 5 aromatic rings. The lowest BCUT2D eigenvalue weighted by molar-refractivity contribution is -0.138. The van der Waals surface area contributed by atoms with E-state index in [-0.39, 0.29) is 73.6 Å². The molecule has 0 fully saturated rings. The van der Waals surface area contributed by atoms with Crippen LogP contribution in [0.1, 0.15) is 80.6 Å². The first kappa shape index (κ1) is 46.4. The number of aromatic nitrogens is 2. The molecule has 4 N–H and O–H groups in total. The summed E-state index contributed by atoms with van der Waals surface area (Å²) in [5.74, 6) is -1.97. The van der Waals surface area contributed by atoms with Gasteiger partial charge in [-0.2, -0.15) is 26.3 Å². The molecule has 0 aliphatic heterocycles. The highest BCUT2D eigenvalue weighted by Gasteiger charge is 2.34. The fraction of sp³-hybridized carbons (Fsp3) is 0.256. The van der Waals surface area contributed by atoms with Crippen LogP contribution in [0.4, 0.5) is 26.3 Å². The van der Waals surface area contributed by atoms with Crippen LogP contribution in [0.25, 0.3) is 0 Å². The van der Waals surface area contributed by atoms with Crippen molar-refractivity contribution in [2.75, 3.05) is 24.6 Å². The predicted molar refractivity (Wildman–Crippen MR) is 222 cm³/mol. The molecule has 0 saturated carbocycles. The van der Waals surface area contributed by atoms with Crippen molar-refractivity contribution in [3.8, 4) is 0 Å². The van der Waals surface area contributed by atoms with Crippen molar-refractivity contribution in [3.63, 3.8) is 0 Å². The topological polar surface area (TPSA) is 146 Å². The third-order valence-electron chi connectivity index (χ3n) is 9.00. The zero-order chi connectivity index (χ0) is 43.8. The summed E-state index contributed by atoms with van der Waals surface area (Å²) >= 11 is 5.48. The molecular formula is C43H37BrF6N4O4S2. The van der Waals surface area contributed by atoms with Crippen molar-refractivity contribution < 1.29 is 45.5 Å². The van der Waals surface area contributed by atoms with Crippen molar-refractivity contribution in [1.82, 2.24) is 9.97 Å².